The minimum atomic E-state index is -2.15. The number of amides is 3. The SMILES string of the molecule is CC1=C[C@@H]2CN(C(=O)N2O[Si](C)(C)C(C)(C)C)[C@@H]1C(=O)NOCC1CC1. The molecule has 0 unspecified atom stereocenters. The van der Waals surface area contributed by atoms with Crippen molar-refractivity contribution in [3.05, 3.63) is 11.6 Å². The van der Waals surface area contributed by atoms with E-state index in [0.717, 1.165) is 18.4 Å². The Balaban J connectivity index is 1.69. The first-order chi connectivity index (χ1) is 12.0. The van der Waals surface area contributed by atoms with Crippen LogP contribution in [0.3, 0.4) is 0 Å². The van der Waals surface area contributed by atoms with Crippen LogP contribution in [0.25, 0.3) is 0 Å². The van der Waals surface area contributed by atoms with Gasteiger partial charge in [0.05, 0.1) is 19.2 Å². The fourth-order valence-electron chi connectivity index (χ4n) is 3.01. The van der Waals surface area contributed by atoms with Gasteiger partial charge >= 0.3 is 6.03 Å². The third-order valence-electron chi connectivity index (χ3n) is 5.89. The summed E-state index contributed by atoms with van der Waals surface area (Å²) in [7, 11) is -2.15. The number of hydroxylamine groups is 3. The lowest BCUT2D eigenvalue weighted by Gasteiger charge is -2.39. The summed E-state index contributed by atoms with van der Waals surface area (Å²) in [4.78, 5) is 32.4. The van der Waals surface area contributed by atoms with Gasteiger partial charge in [0.2, 0.25) is 8.32 Å². The van der Waals surface area contributed by atoms with Crippen LogP contribution in [0.1, 0.15) is 40.5 Å². The Morgan fingerprint density at radius 1 is 1.35 bits per heavy atom. The van der Waals surface area contributed by atoms with E-state index in [-0.39, 0.29) is 23.0 Å². The molecular formula is C18H31N3O4Si. The average Bonchev–Trinajstić information content (AvgIpc) is 3.30. The highest BCUT2D eigenvalue weighted by molar-refractivity contribution is 6.74. The van der Waals surface area contributed by atoms with Gasteiger partial charge in [-0.05, 0) is 49.4 Å². The molecule has 0 radical (unpaired) electrons. The number of fused-ring (bicyclic) bond motifs is 2. The van der Waals surface area contributed by atoms with Crippen LogP contribution >= 0.6 is 0 Å². The Labute approximate surface area is 156 Å². The maximum absolute atomic E-state index is 12.9. The Kier molecular flexibility index (Phi) is 4.96. The van der Waals surface area contributed by atoms with E-state index in [9.17, 15) is 9.59 Å². The zero-order valence-electron chi connectivity index (χ0n) is 16.7. The van der Waals surface area contributed by atoms with Gasteiger partial charge in [0.15, 0.2) is 0 Å². The van der Waals surface area contributed by atoms with E-state index >= 15 is 0 Å². The third kappa shape index (κ3) is 3.68. The molecule has 26 heavy (non-hydrogen) atoms. The molecule has 8 heteroatoms. The third-order valence-corrected chi connectivity index (χ3v) is 10.2. The zero-order valence-corrected chi connectivity index (χ0v) is 17.7. The topological polar surface area (TPSA) is 71.1 Å². The molecule has 146 valence electrons. The van der Waals surface area contributed by atoms with Crippen molar-refractivity contribution in [3.8, 4) is 0 Å². The number of hydrogen-bond acceptors (Lipinski definition) is 4. The number of rotatable bonds is 6. The summed E-state index contributed by atoms with van der Waals surface area (Å²) in [5.74, 6) is 0.268. The number of carbonyl (C=O) groups excluding carboxylic acids is 2. The number of urea groups is 1. The lowest BCUT2D eigenvalue weighted by atomic mass is 10.0. The monoisotopic (exact) mass is 381 g/mol. The number of hydrogen-bond donors (Lipinski definition) is 1. The molecule has 0 spiro atoms. The molecule has 0 aromatic heterocycles. The first-order valence-electron chi connectivity index (χ1n) is 9.40. The van der Waals surface area contributed by atoms with E-state index in [1.807, 2.05) is 13.0 Å². The minimum Gasteiger partial charge on any atom is -0.315 e. The number of nitrogens with zero attached hydrogens (tertiary/aromatic N) is 2. The summed E-state index contributed by atoms with van der Waals surface area (Å²) in [5, 5.41) is 1.48. The molecule has 2 heterocycles. The lowest BCUT2D eigenvalue weighted by Crippen LogP contribution is -2.51. The lowest BCUT2D eigenvalue weighted by molar-refractivity contribution is -0.137. The van der Waals surface area contributed by atoms with Gasteiger partial charge in [-0.3, -0.25) is 9.63 Å². The maximum atomic E-state index is 12.9. The van der Waals surface area contributed by atoms with Gasteiger partial charge in [-0.1, -0.05) is 26.8 Å². The molecule has 7 nitrogen and oxygen atoms in total. The van der Waals surface area contributed by atoms with Crippen LogP contribution in [0, 0.1) is 5.92 Å². The molecule has 1 N–H and O–H groups in total. The van der Waals surface area contributed by atoms with E-state index in [2.05, 4.69) is 39.3 Å². The largest absolute Gasteiger partial charge is 0.344 e. The van der Waals surface area contributed by atoms with Crippen LogP contribution in [0.4, 0.5) is 4.79 Å². The van der Waals surface area contributed by atoms with E-state index in [4.69, 9.17) is 9.36 Å². The van der Waals surface area contributed by atoms with Crippen molar-refractivity contribution in [2.24, 2.45) is 5.92 Å². The van der Waals surface area contributed by atoms with E-state index < -0.39 is 14.4 Å². The standard InChI is InChI=1S/C18H31N3O4Si/c1-12-9-14-10-20(15(12)16(22)19-24-11-13-7-8-13)17(23)21(14)25-26(5,6)18(2,3)4/h9,13-15H,7-8,10-11H2,1-6H3,(H,19,22)/t14-,15+/m1/s1. The summed E-state index contributed by atoms with van der Waals surface area (Å²) in [5.41, 5.74) is 3.37. The summed E-state index contributed by atoms with van der Waals surface area (Å²) >= 11 is 0. The van der Waals surface area contributed by atoms with Gasteiger partial charge in [-0.2, -0.15) is 0 Å². The van der Waals surface area contributed by atoms with Crippen LogP contribution in [0.2, 0.25) is 18.1 Å². The van der Waals surface area contributed by atoms with Gasteiger partial charge in [-0.25, -0.2) is 15.3 Å². The van der Waals surface area contributed by atoms with Crippen molar-refractivity contribution in [1.29, 1.82) is 0 Å². The van der Waals surface area contributed by atoms with Gasteiger partial charge in [0, 0.05) is 0 Å². The highest BCUT2D eigenvalue weighted by Gasteiger charge is 2.51. The molecule has 1 saturated carbocycles. The van der Waals surface area contributed by atoms with Crippen LogP contribution in [0.15, 0.2) is 11.6 Å². The molecule has 2 aliphatic heterocycles. The number of carbonyl (C=O) groups is 2. The highest BCUT2D eigenvalue weighted by Crippen LogP contribution is 2.39. The van der Waals surface area contributed by atoms with Gasteiger partial charge in [0.1, 0.15) is 6.04 Å². The van der Waals surface area contributed by atoms with Crippen LogP contribution in [-0.4, -0.2) is 55.5 Å². The second kappa shape index (κ2) is 6.65. The average molecular weight is 382 g/mol. The summed E-state index contributed by atoms with van der Waals surface area (Å²) in [6.45, 7) is 13.5. The Morgan fingerprint density at radius 3 is 2.58 bits per heavy atom. The van der Waals surface area contributed by atoms with E-state index in [1.165, 1.54) is 5.06 Å². The molecule has 1 saturated heterocycles. The van der Waals surface area contributed by atoms with Gasteiger partial charge < -0.3 is 9.43 Å². The van der Waals surface area contributed by atoms with Crippen LogP contribution in [0.5, 0.6) is 0 Å². The van der Waals surface area contributed by atoms with Crippen molar-refractivity contribution in [1.82, 2.24) is 15.4 Å². The molecule has 2 fully saturated rings. The predicted molar refractivity (Wildman–Crippen MR) is 100 cm³/mol. The van der Waals surface area contributed by atoms with Crippen molar-refractivity contribution >= 4 is 20.3 Å². The van der Waals surface area contributed by atoms with Crippen LogP contribution in [-0.2, 0) is 14.2 Å². The fraction of sp³-hybridized carbons (Fsp3) is 0.778. The second-order valence-electron chi connectivity index (χ2n) is 9.21. The normalized spacial score (nSPS) is 26.2. The van der Waals surface area contributed by atoms with Gasteiger partial charge in [-0.15, -0.1) is 0 Å². The van der Waals surface area contributed by atoms with Crippen molar-refractivity contribution in [2.45, 2.75) is 70.8 Å². The quantitative estimate of drug-likeness (QED) is 0.436. The zero-order chi connectivity index (χ0) is 19.3. The molecule has 2 atom stereocenters. The van der Waals surface area contributed by atoms with Crippen molar-refractivity contribution < 1.29 is 19.0 Å². The predicted octanol–water partition coefficient (Wildman–Crippen LogP) is 2.82. The molecule has 0 aromatic rings. The van der Waals surface area contributed by atoms with E-state index in [1.54, 1.807) is 4.90 Å². The summed E-state index contributed by atoms with van der Waals surface area (Å²) in [6, 6.07) is -1.02. The molecule has 3 aliphatic rings. The molecule has 3 amide bonds. The van der Waals surface area contributed by atoms with Crippen LogP contribution < -0.4 is 5.48 Å². The molecule has 3 rings (SSSR count). The minimum absolute atomic E-state index is 0.00844. The number of nitrogens with one attached hydrogen (secondary N) is 1. The van der Waals surface area contributed by atoms with Crippen molar-refractivity contribution in [2.75, 3.05) is 13.2 Å². The Bertz CT molecular complexity index is 624. The van der Waals surface area contributed by atoms with Crippen molar-refractivity contribution in [3.63, 3.8) is 0 Å². The maximum Gasteiger partial charge on any atom is 0.344 e. The first-order valence-corrected chi connectivity index (χ1v) is 12.3. The van der Waals surface area contributed by atoms with Gasteiger partial charge in [0.25, 0.3) is 5.91 Å². The fourth-order valence-corrected chi connectivity index (χ4v) is 3.99. The smallest absolute Gasteiger partial charge is 0.315 e. The Morgan fingerprint density at radius 2 is 2.00 bits per heavy atom. The summed E-state index contributed by atoms with van der Waals surface area (Å²) in [6.07, 6.45) is 4.29. The molecule has 2 bridgehead atoms. The Hall–Kier alpha value is -1.38. The first kappa shape index (κ1) is 19.4. The molecular weight excluding hydrogens is 350 g/mol. The molecule has 1 aliphatic carbocycles. The summed E-state index contributed by atoms with van der Waals surface area (Å²) < 4.78 is 6.26. The molecule has 0 aromatic carbocycles. The van der Waals surface area contributed by atoms with E-state index in [0.29, 0.717) is 19.1 Å². The second-order valence-corrected chi connectivity index (χ2v) is 13.9. The highest BCUT2D eigenvalue weighted by atomic mass is 28.4.